The SMILES string of the molecule is CC(C)(C)[C@H](c1cc(Br)ccc1Br)N1CCNCC1.Cl.Cl. The first-order valence-corrected chi connectivity index (χ1v) is 8.38. The van der Waals surface area contributed by atoms with E-state index in [-0.39, 0.29) is 30.2 Å². The molecule has 0 spiro atoms. The highest BCUT2D eigenvalue weighted by Crippen LogP contribution is 2.41. The summed E-state index contributed by atoms with van der Waals surface area (Å²) in [7, 11) is 0. The Morgan fingerprint density at radius 2 is 1.67 bits per heavy atom. The number of halogens is 4. The van der Waals surface area contributed by atoms with Crippen molar-refractivity contribution in [2.45, 2.75) is 26.8 Å². The van der Waals surface area contributed by atoms with E-state index in [0.29, 0.717) is 6.04 Å². The second-order valence-electron chi connectivity index (χ2n) is 6.22. The third kappa shape index (κ3) is 5.67. The van der Waals surface area contributed by atoms with Crippen LogP contribution in [-0.2, 0) is 0 Å². The van der Waals surface area contributed by atoms with Crippen LogP contribution in [0.3, 0.4) is 0 Å². The molecular weight excluding hydrogens is 439 g/mol. The fourth-order valence-corrected chi connectivity index (χ4v) is 3.72. The Morgan fingerprint density at radius 1 is 1.10 bits per heavy atom. The molecule has 1 fully saturated rings. The van der Waals surface area contributed by atoms with Gasteiger partial charge in [-0.2, -0.15) is 0 Å². The zero-order valence-corrected chi connectivity index (χ0v) is 17.5. The van der Waals surface area contributed by atoms with Crippen molar-refractivity contribution in [3.8, 4) is 0 Å². The minimum atomic E-state index is 0. The lowest BCUT2D eigenvalue weighted by Crippen LogP contribution is -2.48. The van der Waals surface area contributed by atoms with Gasteiger partial charge in [0.1, 0.15) is 0 Å². The second kappa shape index (κ2) is 9.09. The van der Waals surface area contributed by atoms with E-state index in [2.05, 4.69) is 81.0 Å². The standard InChI is InChI=1S/C15H22Br2N2.2ClH/c1-15(2,3)14(19-8-6-18-7-9-19)12-10-11(16)4-5-13(12)17;;/h4-5,10,14,18H,6-9H2,1-3H3;2*1H/t14-;;/m0../s1. The van der Waals surface area contributed by atoms with Crippen LogP contribution in [0.2, 0.25) is 0 Å². The maximum absolute atomic E-state index is 3.73. The van der Waals surface area contributed by atoms with E-state index in [9.17, 15) is 0 Å². The molecule has 0 saturated carbocycles. The summed E-state index contributed by atoms with van der Waals surface area (Å²) in [5.74, 6) is 0. The van der Waals surface area contributed by atoms with Crippen LogP contribution in [0.5, 0.6) is 0 Å². The van der Waals surface area contributed by atoms with Crippen LogP contribution in [-0.4, -0.2) is 31.1 Å². The molecule has 0 aromatic heterocycles. The number of nitrogens with one attached hydrogen (secondary N) is 1. The predicted octanol–water partition coefficient (Wildman–Crippen LogP) is 5.05. The molecule has 21 heavy (non-hydrogen) atoms. The molecule has 0 unspecified atom stereocenters. The first kappa shape index (κ1) is 21.7. The van der Waals surface area contributed by atoms with Crippen LogP contribution in [0.15, 0.2) is 27.1 Å². The summed E-state index contributed by atoms with van der Waals surface area (Å²) >= 11 is 7.33. The van der Waals surface area contributed by atoms with E-state index in [1.807, 2.05) is 0 Å². The van der Waals surface area contributed by atoms with Crippen LogP contribution in [0.4, 0.5) is 0 Å². The van der Waals surface area contributed by atoms with Crippen LogP contribution in [0, 0.1) is 5.41 Å². The third-order valence-electron chi connectivity index (χ3n) is 3.59. The Hall–Kier alpha value is 0.680. The molecule has 1 aliphatic heterocycles. The number of nitrogens with zero attached hydrogens (tertiary/aromatic N) is 1. The molecule has 2 nitrogen and oxygen atoms in total. The molecular formula is C15H24Br2Cl2N2. The van der Waals surface area contributed by atoms with Crippen LogP contribution in [0.1, 0.15) is 32.4 Å². The molecule has 0 amide bonds. The fraction of sp³-hybridized carbons (Fsp3) is 0.600. The zero-order valence-electron chi connectivity index (χ0n) is 12.7. The van der Waals surface area contributed by atoms with Crippen LogP contribution >= 0.6 is 56.7 Å². The number of hydrogen-bond donors (Lipinski definition) is 1. The van der Waals surface area contributed by atoms with Gasteiger partial charge in [0.25, 0.3) is 0 Å². The van der Waals surface area contributed by atoms with Gasteiger partial charge < -0.3 is 5.32 Å². The molecule has 1 aliphatic rings. The summed E-state index contributed by atoms with van der Waals surface area (Å²) < 4.78 is 2.35. The molecule has 1 saturated heterocycles. The van der Waals surface area contributed by atoms with Gasteiger partial charge in [-0.3, -0.25) is 4.90 Å². The van der Waals surface area contributed by atoms with Crippen molar-refractivity contribution in [2.24, 2.45) is 5.41 Å². The molecule has 1 aromatic carbocycles. The average molecular weight is 463 g/mol. The summed E-state index contributed by atoms with van der Waals surface area (Å²) in [4.78, 5) is 2.60. The van der Waals surface area contributed by atoms with Crippen molar-refractivity contribution < 1.29 is 0 Å². The van der Waals surface area contributed by atoms with Crippen molar-refractivity contribution in [3.63, 3.8) is 0 Å². The molecule has 6 heteroatoms. The maximum Gasteiger partial charge on any atom is 0.0409 e. The van der Waals surface area contributed by atoms with E-state index in [0.717, 1.165) is 30.7 Å². The van der Waals surface area contributed by atoms with Gasteiger partial charge >= 0.3 is 0 Å². The minimum absolute atomic E-state index is 0. The number of hydrogen-bond acceptors (Lipinski definition) is 2. The summed E-state index contributed by atoms with van der Waals surface area (Å²) in [6.07, 6.45) is 0. The van der Waals surface area contributed by atoms with Crippen LogP contribution in [0.25, 0.3) is 0 Å². The number of rotatable bonds is 2. The Kier molecular flexibility index (Phi) is 9.39. The summed E-state index contributed by atoms with van der Waals surface area (Å²) in [5, 5.41) is 3.44. The molecule has 0 bridgehead atoms. The Balaban J connectivity index is 0.00000200. The van der Waals surface area contributed by atoms with Crippen molar-refractivity contribution >= 4 is 56.7 Å². The lowest BCUT2D eigenvalue weighted by molar-refractivity contribution is 0.0857. The molecule has 1 aromatic rings. The van der Waals surface area contributed by atoms with Gasteiger partial charge in [0.2, 0.25) is 0 Å². The largest absolute Gasteiger partial charge is 0.314 e. The Labute approximate surface area is 157 Å². The number of piperazine rings is 1. The van der Waals surface area contributed by atoms with Crippen LogP contribution < -0.4 is 5.32 Å². The first-order valence-electron chi connectivity index (χ1n) is 6.79. The Morgan fingerprint density at radius 3 is 2.19 bits per heavy atom. The van der Waals surface area contributed by atoms with Gasteiger partial charge in [-0.1, -0.05) is 52.6 Å². The van der Waals surface area contributed by atoms with Gasteiger partial charge in [0.05, 0.1) is 0 Å². The lowest BCUT2D eigenvalue weighted by Gasteiger charge is -2.43. The highest BCUT2D eigenvalue weighted by molar-refractivity contribution is 9.11. The zero-order chi connectivity index (χ0) is 14.0. The molecule has 0 radical (unpaired) electrons. The van der Waals surface area contributed by atoms with Gasteiger partial charge in [-0.15, -0.1) is 24.8 Å². The normalized spacial score (nSPS) is 17.6. The third-order valence-corrected chi connectivity index (χ3v) is 4.81. The van der Waals surface area contributed by atoms with E-state index < -0.39 is 0 Å². The summed E-state index contributed by atoms with van der Waals surface area (Å²) in [6.45, 7) is 11.4. The van der Waals surface area contributed by atoms with Gasteiger partial charge in [0, 0.05) is 41.2 Å². The topological polar surface area (TPSA) is 15.3 Å². The van der Waals surface area contributed by atoms with Gasteiger partial charge in [-0.05, 0) is 29.2 Å². The highest BCUT2D eigenvalue weighted by Gasteiger charge is 2.33. The highest BCUT2D eigenvalue weighted by atomic mass is 79.9. The van der Waals surface area contributed by atoms with Crippen molar-refractivity contribution in [1.29, 1.82) is 0 Å². The fourth-order valence-electron chi connectivity index (χ4n) is 2.88. The van der Waals surface area contributed by atoms with Crippen molar-refractivity contribution in [1.82, 2.24) is 10.2 Å². The summed E-state index contributed by atoms with van der Waals surface area (Å²) in [5.41, 5.74) is 1.59. The smallest absolute Gasteiger partial charge is 0.0409 e. The molecule has 2 rings (SSSR count). The van der Waals surface area contributed by atoms with Crippen molar-refractivity contribution in [2.75, 3.05) is 26.2 Å². The molecule has 1 atom stereocenters. The average Bonchev–Trinajstić information content (AvgIpc) is 2.33. The number of benzene rings is 1. The monoisotopic (exact) mass is 460 g/mol. The quantitative estimate of drug-likeness (QED) is 0.661. The van der Waals surface area contributed by atoms with E-state index in [1.54, 1.807) is 0 Å². The maximum atomic E-state index is 3.73. The molecule has 122 valence electrons. The summed E-state index contributed by atoms with van der Waals surface area (Å²) in [6, 6.07) is 6.91. The van der Waals surface area contributed by atoms with Crippen molar-refractivity contribution in [3.05, 3.63) is 32.7 Å². The lowest BCUT2D eigenvalue weighted by atomic mass is 9.81. The Bertz CT molecular complexity index is 444. The second-order valence-corrected chi connectivity index (χ2v) is 7.99. The van der Waals surface area contributed by atoms with E-state index >= 15 is 0 Å². The van der Waals surface area contributed by atoms with E-state index in [1.165, 1.54) is 10.0 Å². The van der Waals surface area contributed by atoms with E-state index in [4.69, 9.17) is 0 Å². The molecule has 1 N–H and O–H groups in total. The minimum Gasteiger partial charge on any atom is -0.314 e. The first-order chi connectivity index (χ1) is 8.89. The molecule has 0 aliphatic carbocycles. The van der Waals surface area contributed by atoms with Gasteiger partial charge in [0.15, 0.2) is 0 Å². The van der Waals surface area contributed by atoms with Gasteiger partial charge in [-0.25, -0.2) is 0 Å². The predicted molar refractivity (Wildman–Crippen MR) is 103 cm³/mol. The molecule has 1 heterocycles.